The fraction of sp³-hybridized carbons (Fsp3) is 0.571. The molecule has 2 rings (SSSR count). The zero-order valence-corrected chi connectivity index (χ0v) is 10.7. The molecule has 3 nitrogen and oxygen atoms in total. The van der Waals surface area contributed by atoms with Crippen LogP contribution in [0.15, 0.2) is 18.2 Å². The maximum absolute atomic E-state index is 5.67. The lowest BCUT2D eigenvalue weighted by molar-refractivity contribution is 0.169. The molecule has 17 heavy (non-hydrogen) atoms. The first-order chi connectivity index (χ1) is 8.27. The van der Waals surface area contributed by atoms with E-state index >= 15 is 0 Å². The van der Waals surface area contributed by atoms with Crippen LogP contribution in [0.5, 0.6) is 11.5 Å². The summed E-state index contributed by atoms with van der Waals surface area (Å²) in [6, 6.07) is 6.08. The third kappa shape index (κ3) is 3.37. The van der Waals surface area contributed by atoms with Crippen molar-refractivity contribution in [1.82, 2.24) is 5.32 Å². The maximum Gasteiger partial charge on any atom is 0.165 e. The summed E-state index contributed by atoms with van der Waals surface area (Å²) in [5.41, 5.74) is 1.19. The summed E-state index contributed by atoms with van der Waals surface area (Å²) >= 11 is 0. The molecule has 1 N–H and O–H groups in total. The molecular formula is C14H21NO2. The molecule has 1 heterocycles. The molecule has 0 unspecified atom stereocenters. The van der Waals surface area contributed by atoms with Gasteiger partial charge in [-0.2, -0.15) is 0 Å². The van der Waals surface area contributed by atoms with Gasteiger partial charge in [-0.05, 0) is 24.9 Å². The Bertz CT molecular complexity index is 363. The molecule has 3 heteroatoms. The molecule has 94 valence electrons. The number of benzene rings is 1. The average molecular weight is 235 g/mol. The van der Waals surface area contributed by atoms with Crippen LogP contribution < -0.4 is 14.8 Å². The summed E-state index contributed by atoms with van der Waals surface area (Å²) in [7, 11) is 0. The van der Waals surface area contributed by atoms with Crippen LogP contribution in [0.1, 0.15) is 25.8 Å². The topological polar surface area (TPSA) is 30.5 Å². The van der Waals surface area contributed by atoms with E-state index in [1.54, 1.807) is 0 Å². The molecule has 0 spiro atoms. The van der Waals surface area contributed by atoms with E-state index in [2.05, 4.69) is 25.2 Å². The highest BCUT2D eigenvalue weighted by molar-refractivity contribution is 5.47. The smallest absolute Gasteiger partial charge is 0.165 e. The van der Waals surface area contributed by atoms with E-state index in [-0.39, 0.29) is 0 Å². The van der Waals surface area contributed by atoms with Gasteiger partial charge in [0.15, 0.2) is 11.5 Å². The zero-order valence-electron chi connectivity index (χ0n) is 10.7. The average Bonchev–Trinajstić information content (AvgIpc) is 2.34. The van der Waals surface area contributed by atoms with Crippen molar-refractivity contribution in [2.24, 2.45) is 5.92 Å². The van der Waals surface area contributed by atoms with Crippen molar-refractivity contribution >= 4 is 0 Å². The van der Waals surface area contributed by atoms with Gasteiger partial charge < -0.3 is 14.8 Å². The fourth-order valence-corrected chi connectivity index (χ4v) is 1.89. The Morgan fingerprint density at radius 3 is 2.88 bits per heavy atom. The van der Waals surface area contributed by atoms with Gasteiger partial charge in [0.2, 0.25) is 0 Å². The normalized spacial score (nSPS) is 14.1. The third-order valence-corrected chi connectivity index (χ3v) is 2.86. The monoisotopic (exact) mass is 235 g/mol. The highest BCUT2D eigenvalue weighted by Gasteiger charge is 2.14. The van der Waals surface area contributed by atoms with Gasteiger partial charge in [-0.25, -0.2) is 0 Å². The van der Waals surface area contributed by atoms with Gasteiger partial charge in [-0.15, -0.1) is 0 Å². The summed E-state index contributed by atoms with van der Waals surface area (Å²) in [6.07, 6.45) is 1.20. The van der Waals surface area contributed by atoms with Crippen molar-refractivity contribution in [3.8, 4) is 11.5 Å². The lowest BCUT2D eigenvalue weighted by Gasteiger charge is -2.21. The number of para-hydroxylation sites is 1. The van der Waals surface area contributed by atoms with Crippen LogP contribution in [-0.2, 0) is 6.54 Å². The molecule has 0 amide bonds. The molecule has 1 aliphatic heterocycles. The van der Waals surface area contributed by atoms with E-state index in [9.17, 15) is 0 Å². The largest absolute Gasteiger partial charge is 0.486 e. The van der Waals surface area contributed by atoms with Gasteiger partial charge in [0.05, 0.1) is 0 Å². The van der Waals surface area contributed by atoms with E-state index < -0.39 is 0 Å². The number of hydrogen-bond acceptors (Lipinski definition) is 3. The van der Waals surface area contributed by atoms with E-state index in [1.165, 1.54) is 12.0 Å². The zero-order chi connectivity index (χ0) is 12.1. The predicted molar refractivity (Wildman–Crippen MR) is 68.6 cm³/mol. The van der Waals surface area contributed by atoms with Crippen LogP contribution in [0.4, 0.5) is 0 Å². The Hall–Kier alpha value is -1.22. The van der Waals surface area contributed by atoms with E-state index in [0.29, 0.717) is 13.2 Å². The lowest BCUT2D eigenvalue weighted by Crippen LogP contribution is -2.20. The minimum absolute atomic E-state index is 0.649. The van der Waals surface area contributed by atoms with Crippen molar-refractivity contribution < 1.29 is 9.47 Å². The Balaban J connectivity index is 1.92. The maximum atomic E-state index is 5.67. The molecule has 0 fully saturated rings. The van der Waals surface area contributed by atoms with Crippen molar-refractivity contribution in [2.75, 3.05) is 19.8 Å². The Morgan fingerprint density at radius 1 is 1.24 bits per heavy atom. The first-order valence-corrected chi connectivity index (χ1v) is 6.35. The summed E-state index contributed by atoms with van der Waals surface area (Å²) in [5.74, 6) is 2.53. The number of rotatable bonds is 5. The minimum Gasteiger partial charge on any atom is -0.486 e. The van der Waals surface area contributed by atoms with Gasteiger partial charge in [-0.3, -0.25) is 0 Å². The SMILES string of the molecule is CC(C)CCNCc1cccc2c1OCCO2. The van der Waals surface area contributed by atoms with Gasteiger partial charge in [0.25, 0.3) is 0 Å². The van der Waals surface area contributed by atoms with Crippen molar-refractivity contribution in [3.05, 3.63) is 23.8 Å². The number of ether oxygens (including phenoxy) is 2. The number of fused-ring (bicyclic) bond motifs is 1. The molecule has 0 aromatic heterocycles. The number of hydrogen-bond donors (Lipinski definition) is 1. The second-order valence-corrected chi connectivity index (χ2v) is 4.80. The summed E-state index contributed by atoms with van der Waals surface area (Å²) in [6.45, 7) is 7.67. The molecule has 1 aliphatic rings. The van der Waals surface area contributed by atoms with Gasteiger partial charge in [0, 0.05) is 12.1 Å². The van der Waals surface area contributed by atoms with E-state index in [1.807, 2.05) is 12.1 Å². The van der Waals surface area contributed by atoms with Crippen molar-refractivity contribution in [1.29, 1.82) is 0 Å². The first-order valence-electron chi connectivity index (χ1n) is 6.35. The Kier molecular flexibility index (Phi) is 4.26. The van der Waals surface area contributed by atoms with E-state index in [0.717, 1.165) is 30.5 Å². The van der Waals surface area contributed by atoms with Crippen LogP contribution in [0, 0.1) is 5.92 Å². The summed E-state index contributed by atoms with van der Waals surface area (Å²) in [4.78, 5) is 0. The van der Waals surface area contributed by atoms with Crippen molar-refractivity contribution in [2.45, 2.75) is 26.8 Å². The Morgan fingerprint density at radius 2 is 2.06 bits per heavy atom. The van der Waals surface area contributed by atoms with Gasteiger partial charge >= 0.3 is 0 Å². The number of nitrogens with one attached hydrogen (secondary N) is 1. The van der Waals surface area contributed by atoms with Crippen LogP contribution in [0.2, 0.25) is 0 Å². The van der Waals surface area contributed by atoms with Crippen LogP contribution >= 0.6 is 0 Å². The second kappa shape index (κ2) is 5.92. The third-order valence-electron chi connectivity index (χ3n) is 2.86. The molecule has 1 aromatic carbocycles. The highest BCUT2D eigenvalue weighted by atomic mass is 16.6. The molecule has 0 atom stereocenters. The standard InChI is InChI=1S/C14H21NO2/c1-11(2)6-7-15-10-12-4-3-5-13-14(12)17-9-8-16-13/h3-5,11,15H,6-10H2,1-2H3. The minimum atomic E-state index is 0.649. The lowest BCUT2D eigenvalue weighted by atomic mass is 10.1. The first kappa shape index (κ1) is 12.2. The molecule has 0 radical (unpaired) electrons. The summed E-state index contributed by atoms with van der Waals surface area (Å²) in [5, 5.41) is 3.45. The van der Waals surface area contributed by atoms with Crippen molar-refractivity contribution in [3.63, 3.8) is 0 Å². The molecule has 0 saturated carbocycles. The van der Waals surface area contributed by atoms with Crippen LogP contribution in [-0.4, -0.2) is 19.8 Å². The molecule has 1 aromatic rings. The van der Waals surface area contributed by atoms with E-state index in [4.69, 9.17) is 9.47 Å². The molecule has 0 aliphatic carbocycles. The Labute approximate surface area is 103 Å². The van der Waals surface area contributed by atoms with Crippen LogP contribution in [0.3, 0.4) is 0 Å². The summed E-state index contributed by atoms with van der Waals surface area (Å²) < 4.78 is 11.2. The van der Waals surface area contributed by atoms with Crippen LogP contribution in [0.25, 0.3) is 0 Å². The second-order valence-electron chi connectivity index (χ2n) is 4.80. The van der Waals surface area contributed by atoms with Gasteiger partial charge in [-0.1, -0.05) is 26.0 Å². The van der Waals surface area contributed by atoms with Gasteiger partial charge in [0.1, 0.15) is 13.2 Å². The molecule has 0 saturated heterocycles. The molecule has 0 bridgehead atoms. The predicted octanol–water partition coefficient (Wildman–Crippen LogP) is 2.59. The fourth-order valence-electron chi connectivity index (χ4n) is 1.89. The quantitative estimate of drug-likeness (QED) is 0.796. The molecular weight excluding hydrogens is 214 g/mol. The highest BCUT2D eigenvalue weighted by Crippen LogP contribution is 2.33.